The standard InChI is InChI=1S/C19H20N2O5S/c1-13-3-9-16(10-4-13)27(25,26)21(2)15-7-5-14(6-8-15)17(22)20-19(11-12-19)18(23)24/h3-10H,11-12H2,1-2H3,(H,20,22)(H,23,24). The normalized spacial score (nSPS) is 15.0. The first-order valence-electron chi connectivity index (χ1n) is 8.37. The van der Waals surface area contributed by atoms with E-state index in [0.29, 0.717) is 18.5 Å². The van der Waals surface area contributed by atoms with Crippen molar-refractivity contribution in [1.29, 1.82) is 0 Å². The molecule has 27 heavy (non-hydrogen) atoms. The molecule has 0 unspecified atom stereocenters. The van der Waals surface area contributed by atoms with Crippen LogP contribution in [-0.2, 0) is 14.8 Å². The molecule has 8 heteroatoms. The van der Waals surface area contributed by atoms with Crippen molar-refractivity contribution in [2.45, 2.75) is 30.2 Å². The van der Waals surface area contributed by atoms with Crippen molar-refractivity contribution in [1.82, 2.24) is 5.32 Å². The van der Waals surface area contributed by atoms with Crippen LogP contribution in [0.5, 0.6) is 0 Å². The minimum atomic E-state index is -3.72. The molecule has 2 aromatic carbocycles. The predicted octanol–water partition coefficient (Wildman–Crippen LogP) is 2.17. The third-order valence-corrected chi connectivity index (χ3v) is 6.48. The molecule has 0 aromatic heterocycles. The zero-order valence-corrected chi connectivity index (χ0v) is 15.8. The maximum Gasteiger partial charge on any atom is 0.329 e. The highest BCUT2D eigenvalue weighted by atomic mass is 32.2. The molecule has 2 N–H and O–H groups in total. The number of sulfonamides is 1. The lowest BCUT2D eigenvalue weighted by Crippen LogP contribution is -2.43. The lowest BCUT2D eigenvalue weighted by molar-refractivity contribution is -0.140. The van der Waals surface area contributed by atoms with Gasteiger partial charge in [-0.1, -0.05) is 17.7 Å². The van der Waals surface area contributed by atoms with Gasteiger partial charge in [0.2, 0.25) is 0 Å². The van der Waals surface area contributed by atoms with Gasteiger partial charge in [0.1, 0.15) is 5.54 Å². The van der Waals surface area contributed by atoms with E-state index >= 15 is 0 Å². The summed E-state index contributed by atoms with van der Waals surface area (Å²) < 4.78 is 26.6. The summed E-state index contributed by atoms with van der Waals surface area (Å²) in [7, 11) is -2.28. The van der Waals surface area contributed by atoms with Crippen LogP contribution < -0.4 is 9.62 Å². The van der Waals surface area contributed by atoms with Crippen LogP contribution in [0.1, 0.15) is 28.8 Å². The van der Waals surface area contributed by atoms with Crippen LogP contribution in [-0.4, -0.2) is 38.0 Å². The second-order valence-corrected chi connectivity index (χ2v) is 8.64. The molecule has 0 aliphatic heterocycles. The number of carboxylic acid groups (broad SMARTS) is 1. The van der Waals surface area contributed by atoms with Gasteiger partial charge in [-0.2, -0.15) is 0 Å². The molecule has 2 aromatic rings. The van der Waals surface area contributed by atoms with Gasteiger partial charge in [0.15, 0.2) is 0 Å². The number of carbonyl (C=O) groups is 2. The number of amides is 1. The number of aliphatic carboxylic acids is 1. The van der Waals surface area contributed by atoms with E-state index in [2.05, 4.69) is 5.32 Å². The number of aryl methyl sites for hydroxylation is 1. The number of hydrogen-bond donors (Lipinski definition) is 2. The molecule has 7 nitrogen and oxygen atoms in total. The second-order valence-electron chi connectivity index (χ2n) is 6.67. The van der Waals surface area contributed by atoms with E-state index in [1.165, 1.54) is 31.3 Å². The molecule has 3 rings (SSSR count). The molecule has 0 bridgehead atoms. The molecule has 0 heterocycles. The first-order valence-corrected chi connectivity index (χ1v) is 9.81. The minimum Gasteiger partial charge on any atom is -0.480 e. The van der Waals surface area contributed by atoms with Gasteiger partial charge in [0, 0.05) is 12.6 Å². The van der Waals surface area contributed by atoms with Crippen LogP contribution in [0.3, 0.4) is 0 Å². The third-order valence-electron chi connectivity index (χ3n) is 4.68. The summed E-state index contributed by atoms with van der Waals surface area (Å²) >= 11 is 0. The average Bonchev–Trinajstić information content (AvgIpc) is 3.42. The second kappa shape index (κ2) is 6.70. The van der Waals surface area contributed by atoms with Crippen LogP contribution in [0, 0.1) is 6.92 Å². The number of anilines is 1. The van der Waals surface area contributed by atoms with E-state index in [4.69, 9.17) is 5.11 Å². The Morgan fingerprint density at radius 2 is 1.59 bits per heavy atom. The van der Waals surface area contributed by atoms with Crippen LogP contribution >= 0.6 is 0 Å². The van der Waals surface area contributed by atoms with Gasteiger partial charge in [-0.05, 0) is 56.2 Å². The first kappa shape index (κ1) is 18.9. The highest BCUT2D eigenvalue weighted by molar-refractivity contribution is 7.92. The van der Waals surface area contributed by atoms with Crippen molar-refractivity contribution in [3.05, 3.63) is 59.7 Å². The molecule has 1 aliphatic carbocycles. The number of benzene rings is 2. The van der Waals surface area contributed by atoms with Gasteiger partial charge in [-0.25, -0.2) is 13.2 Å². The molecule has 0 radical (unpaired) electrons. The molecule has 0 atom stereocenters. The molecule has 1 amide bonds. The number of rotatable bonds is 6. The van der Waals surface area contributed by atoms with Crippen LogP contribution in [0.25, 0.3) is 0 Å². The van der Waals surface area contributed by atoms with Crippen molar-refractivity contribution >= 4 is 27.6 Å². The summed E-state index contributed by atoms with van der Waals surface area (Å²) in [6.45, 7) is 1.88. The first-order chi connectivity index (χ1) is 12.7. The summed E-state index contributed by atoms with van der Waals surface area (Å²) in [5, 5.41) is 11.7. The number of hydrogen-bond acceptors (Lipinski definition) is 4. The highest BCUT2D eigenvalue weighted by Gasteiger charge is 2.51. The van der Waals surface area contributed by atoms with Gasteiger partial charge in [-0.3, -0.25) is 9.10 Å². The van der Waals surface area contributed by atoms with Crippen LogP contribution in [0.4, 0.5) is 5.69 Å². The molecule has 1 aliphatic rings. The fraction of sp³-hybridized carbons (Fsp3) is 0.263. The van der Waals surface area contributed by atoms with Crippen molar-refractivity contribution in [3.8, 4) is 0 Å². The van der Waals surface area contributed by atoms with Crippen LogP contribution in [0.15, 0.2) is 53.4 Å². The van der Waals surface area contributed by atoms with E-state index in [-0.39, 0.29) is 10.5 Å². The van der Waals surface area contributed by atoms with Crippen molar-refractivity contribution in [2.75, 3.05) is 11.4 Å². The Morgan fingerprint density at radius 3 is 2.07 bits per heavy atom. The maximum atomic E-state index is 12.7. The van der Waals surface area contributed by atoms with E-state index in [1.54, 1.807) is 24.3 Å². The lowest BCUT2D eigenvalue weighted by Gasteiger charge is -2.20. The topological polar surface area (TPSA) is 104 Å². The summed E-state index contributed by atoms with van der Waals surface area (Å²) in [6.07, 6.45) is 0.813. The number of carboxylic acids is 1. The summed E-state index contributed by atoms with van der Waals surface area (Å²) in [5.41, 5.74) is 0.460. The van der Waals surface area contributed by atoms with E-state index in [1.807, 2.05) is 6.92 Å². The van der Waals surface area contributed by atoms with Gasteiger partial charge in [0.05, 0.1) is 10.6 Å². The van der Waals surface area contributed by atoms with Crippen molar-refractivity contribution in [3.63, 3.8) is 0 Å². The predicted molar refractivity (Wildman–Crippen MR) is 100 cm³/mol. The summed E-state index contributed by atoms with van der Waals surface area (Å²) in [5.74, 6) is -1.54. The Kier molecular flexibility index (Phi) is 4.69. The number of carbonyl (C=O) groups excluding carboxylic acids is 1. The highest BCUT2D eigenvalue weighted by Crippen LogP contribution is 2.35. The Morgan fingerprint density at radius 1 is 1.04 bits per heavy atom. The zero-order valence-electron chi connectivity index (χ0n) is 15.0. The Balaban J connectivity index is 1.77. The Hall–Kier alpha value is -2.87. The summed E-state index contributed by atoms with van der Waals surface area (Å²) in [4.78, 5) is 23.6. The fourth-order valence-corrected chi connectivity index (χ4v) is 3.83. The molecule has 0 saturated heterocycles. The van der Waals surface area contributed by atoms with Gasteiger partial charge < -0.3 is 10.4 Å². The largest absolute Gasteiger partial charge is 0.480 e. The van der Waals surface area contributed by atoms with Crippen LogP contribution in [0.2, 0.25) is 0 Å². The monoisotopic (exact) mass is 388 g/mol. The summed E-state index contributed by atoms with van der Waals surface area (Å²) in [6, 6.07) is 12.5. The fourth-order valence-electron chi connectivity index (χ4n) is 2.64. The number of nitrogens with zero attached hydrogens (tertiary/aromatic N) is 1. The van der Waals surface area contributed by atoms with E-state index in [0.717, 1.165) is 9.87 Å². The van der Waals surface area contributed by atoms with Gasteiger partial charge in [-0.15, -0.1) is 0 Å². The lowest BCUT2D eigenvalue weighted by atomic mass is 10.1. The number of nitrogens with one attached hydrogen (secondary N) is 1. The maximum absolute atomic E-state index is 12.7. The Bertz CT molecular complexity index is 978. The van der Waals surface area contributed by atoms with Crippen molar-refractivity contribution in [2.24, 2.45) is 0 Å². The van der Waals surface area contributed by atoms with Crippen molar-refractivity contribution < 1.29 is 23.1 Å². The minimum absolute atomic E-state index is 0.176. The van der Waals surface area contributed by atoms with Gasteiger partial charge >= 0.3 is 5.97 Å². The third kappa shape index (κ3) is 3.66. The van der Waals surface area contributed by atoms with Gasteiger partial charge in [0.25, 0.3) is 15.9 Å². The molecular formula is C19H20N2O5S. The zero-order chi connectivity index (χ0) is 19.8. The quantitative estimate of drug-likeness (QED) is 0.789. The molecule has 1 saturated carbocycles. The van der Waals surface area contributed by atoms with E-state index in [9.17, 15) is 18.0 Å². The molecule has 0 spiro atoms. The SMILES string of the molecule is Cc1ccc(S(=O)(=O)N(C)c2ccc(C(=O)NC3(C(=O)O)CC3)cc2)cc1. The molecular weight excluding hydrogens is 368 g/mol. The van der Waals surface area contributed by atoms with E-state index < -0.39 is 27.4 Å². The Labute approximate surface area is 157 Å². The smallest absolute Gasteiger partial charge is 0.329 e. The molecule has 1 fully saturated rings. The average molecular weight is 388 g/mol. The molecule has 142 valence electrons.